The van der Waals surface area contributed by atoms with Gasteiger partial charge in [-0.3, -0.25) is 4.79 Å². The van der Waals surface area contributed by atoms with Gasteiger partial charge in [0.05, 0.1) is 31.9 Å². The summed E-state index contributed by atoms with van der Waals surface area (Å²) >= 11 is 0. The maximum atomic E-state index is 12.4. The number of ether oxygens (including phenoxy) is 2. The minimum Gasteiger partial charge on any atom is -0.497 e. The van der Waals surface area contributed by atoms with Gasteiger partial charge in [0, 0.05) is 11.3 Å². The van der Waals surface area contributed by atoms with Crippen LogP contribution in [0.5, 0.6) is 5.75 Å². The summed E-state index contributed by atoms with van der Waals surface area (Å²) in [5.74, 6) is 0.947. The van der Waals surface area contributed by atoms with Gasteiger partial charge in [-0.25, -0.2) is 9.78 Å². The van der Waals surface area contributed by atoms with Gasteiger partial charge in [0.25, 0.3) is 0 Å². The van der Waals surface area contributed by atoms with E-state index in [1.165, 1.54) is 7.11 Å². The predicted octanol–water partition coefficient (Wildman–Crippen LogP) is 3.63. The minimum absolute atomic E-state index is 0.0434. The number of methoxy groups -OCH3 is 2. The van der Waals surface area contributed by atoms with E-state index in [0.29, 0.717) is 34.3 Å². The number of hydrogen-bond donors (Lipinski definition) is 1. The number of anilines is 1. The summed E-state index contributed by atoms with van der Waals surface area (Å²) in [6.07, 6.45) is 0.0434. The number of benzene rings is 2. The monoisotopic (exact) mass is 380 g/mol. The Morgan fingerprint density at radius 1 is 1.11 bits per heavy atom. The van der Waals surface area contributed by atoms with E-state index in [9.17, 15) is 9.59 Å². The van der Waals surface area contributed by atoms with E-state index >= 15 is 0 Å². The molecule has 0 fully saturated rings. The van der Waals surface area contributed by atoms with Crippen LogP contribution in [0, 0.1) is 6.92 Å². The Balaban J connectivity index is 1.73. The van der Waals surface area contributed by atoms with Gasteiger partial charge in [-0.15, -0.1) is 0 Å². The Morgan fingerprint density at radius 2 is 1.89 bits per heavy atom. The molecule has 0 saturated heterocycles. The molecule has 0 aliphatic carbocycles. The molecule has 0 saturated carbocycles. The van der Waals surface area contributed by atoms with E-state index < -0.39 is 5.97 Å². The third-order valence-corrected chi connectivity index (χ3v) is 4.10. The number of carbonyl (C=O) groups is 2. The van der Waals surface area contributed by atoms with Crippen molar-refractivity contribution in [3.8, 4) is 17.2 Å². The topological polar surface area (TPSA) is 90.7 Å². The van der Waals surface area contributed by atoms with Crippen molar-refractivity contribution >= 4 is 17.6 Å². The van der Waals surface area contributed by atoms with Crippen molar-refractivity contribution in [1.29, 1.82) is 0 Å². The van der Waals surface area contributed by atoms with Crippen LogP contribution in [0.1, 0.15) is 21.8 Å². The quantitative estimate of drug-likeness (QED) is 0.657. The van der Waals surface area contributed by atoms with E-state index in [1.807, 2.05) is 24.3 Å². The van der Waals surface area contributed by atoms with Crippen LogP contribution >= 0.6 is 0 Å². The zero-order chi connectivity index (χ0) is 20.1. The number of esters is 1. The summed E-state index contributed by atoms with van der Waals surface area (Å²) in [5.41, 5.74) is 2.17. The van der Waals surface area contributed by atoms with Crippen LogP contribution in [0.25, 0.3) is 11.5 Å². The maximum Gasteiger partial charge on any atom is 0.337 e. The first kappa shape index (κ1) is 19.2. The van der Waals surface area contributed by atoms with E-state index in [-0.39, 0.29) is 12.3 Å². The lowest BCUT2D eigenvalue weighted by molar-refractivity contribution is -0.115. The van der Waals surface area contributed by atoms with Crippen molar-refractivity contribution in [2.24, 2.45) is 0 Å². The number of rotatable bonds is 6. The molecule has 7 nitrogen and oxygen atoms in total. The van der Waals surface area contributed by atoms with Crippen molar-refractivity contribution in [1.82, 2.24) is 4.98 Å². The second kappa shape index (κ2) is 8.39. The van der Waals surface area contributed by atoms with Crippen molar-refractivity contribution in [2.75, 3.05) is 19.5 Å². The Kier molecular flexibility index (Phi) is 5.74. The molecule has 28 heavy (non-hydrogen) atoms. The van der Waals surface area contributed by atoms with Crippen LogP contribution in [0.15, 0.2) is 52.9 Å². The molecule has 0 unspecified atom stereocenters. The van der Waals surface area contributed by atoms with Crippen molar-refractivity contribution in [3.05, 3.63) is 65.5 Å². The van der Waals surface area contributed by atoms with Crippen LogP contribution in [0.4, 0.5) is 5.69 Å². The second-order valence-corrected chi connectivity index (χ2v) is 6.05. The molecule has 0 aliphatic rings. The van der Waals surface area contributed by atoms with Crippen molar-refractivity contribution in [2.45, 2.75) is 13.3 Å². The molecule has 0 spiro atoms. The van der Waals surface area contributed by atoms with E-state index in [0.717, 1.165) is 5.56 Å². The first-order chi connectivity index (χ1) is 13.5. The zero-order valence-electron chi connectivity index (χ0n) is 15.8. The van der Waals surface area contributed by atoms with Crippen LogP contribution in [0.3, 0.4) is 0 Å². The summed E-state index contributed by atoms with van der Waals surface area (Å²) < 4.78 is 15.6. The molecule has 0 radical (unpaired) electrons. The van der Waals surface area contributed by atoms with E-state index in [1.54, 1.807) is 38.3 Å². The molecule has 1 amide bonds. The van der Waals surface area contributed by atoms with Crippen molar-refractivity contribution < 1.29 is 23.5 Å². The second-order valence-electron chi connectivity index (χ2n) is 6.05. The van der Waals surface area contributed by atoms with Gasteiger partial charge in [-0.05, 0) is 43.3 Å². The van der Waals surface area contributed by atoms with Crippen LogP contribution in [-0.2, 0) is 16.0 Å². The third-order valence-electron chi connectivity index (χ3n) is 4.10. The van der Waals surface area contributed by atoms with Crippen LogP contribution in [-0.4, -0.2) is 31.1 Å². The highest BCUT2D eigenvalue weighted by Gasteiger charge is 2.16. The molecule has 3 rings (SSSR count). The maximum absolute atomic E-state index is 12.4. The Labute approximate surface area is 162 Å². The number of oxazole rings is 1. The molecule has 1 heterocycles. The van der Waals surface area contributed by atoms with Gasteiger partial charge in [-0.2, -0.15) is 0 Å². The molecular formula is C21H20N2O5. The fourth-order valence-corrected chi connectivity index (χ4v) is 2.67. The Bertz CT molecular complexity index is 1010. The van der Waals surface area contributed by atoms with Gasteiger partial charge in [-0.1, -0.05) is 12.1 Å². The fraction of sp³-hybridized carbons (Fsp3) is 0.190. The standard InChI is InChI=1S/C21H20N2O5/c1-13-18(23-20(28-13)14-6-5-9-17(11-14)26-2)12-19(24)22-16-8-4-7-15(10-16)21(25)27-3/h4-11H,12H2,1-3H3,(H,22,24). The third kappa shape index (κ3) is 4.37. The largest absolute Gasteiger partial charge is 0.497 e. The highest BCUT2D eigenvalue weighted by molar-refractivity contribution is 5.95. The number of aryl methyl sites for hydroxylation is 1. The summed E-state index contributed by atoms with van der Waals surface area (Å²) in [5, 5.41) is 2.76. The van der Waals surface area contributed by atoms with Gasteiger partial charge in [0.2, 0.25) is 11.8 Å². The lowest BCUT2D eigenvalue weighted by Gasteiger charge is -2.06. The molecule has 7 heteroatoms. The molecule has 2 aromatic carbocycles. The van der Waals surface area contributed by atoms with Crippen LogP contribution < -0.4 is 10.1 Å². The number of nitrogens with zero attached hydrogens (tertiary/aromatic N) is 1. The average molecular weight is 380 g/mol. The first-order valence-corrected chi connectivity index (χ1v) is 8.59. The Hall–Kier alpha value is -3.61. The fourth-order valence-electron chi connectivity index (χ4n) is 2.67. The molecule has 144 valence electrons. The highest BCUT2D eigenvalue weighted by Crippen LogP contribution is 2.25. The smallest absolute Gasteiger partial charge is 0.337 e. The lowest BCUT2D eigenvalue weighted by atomic mass is 10.2. The number of carbonyl (C=O) groups excluding carboxylic acids is 2. The summed E-state index contributed by atoms with van der Waals surface area (Å²) in [4.78, 5) is 28.4. The normalized spacial score (nSPS) is 10.4. The van der Waals surface area contributed by atoms with Gasteiger partial charge < -0.3 is 19.2 Å². The average Bonchev–Trinajstić information content (AvgIpc) is 3.07. The summed E-state index contributed by atoms with van der Waals surface area (Å²) in [6.45, 7) is 1.76. The molecule has 1 aromatic heterocycles. The van der Waals surface area contributed by atoms with Gasteiger partial charge in [0.15, 0.2) is 0 Å². The zero-order valence-corrected chi connectivity index (χ0v) is 15.8. The number of hydrogen-bond acceptors (Lipinski definition) is 6. The van der Waals surface area contributed by atoms with E-state index in [2.05, 4.69) is 15.0 Å². The molecule has 1 N–H and O–H groups in total. The molecule has 0 bridgehead atoms. The Morgan fingerprint density at radius 3 is 2.64 bits per heavy atom. The lowest BCUT2D eigenvalue weighted by Crippen LogP contribution is -2.15. The van der Waals surface area contributed by atoms with Gasteiger partial charge >= 0.3 is 5.97 Å². The SMILES string of the molecule is COC(=O)c1cccc(NC(=O)Cc2nc(-c3cccc(OC)c3)oc2C)c1. The van der Waals surface area contributed by atoms with Crippen LogP contribution in [0.2, 0.25) is 0 Å². The summed E-state index contributed by atoms with van der Waals surface area (Å²) in [6, 6.07) is 13.9. The van der Waals surface area contributed by atoms with Crippen molar-refractivity contribution in [3.63, 3.8) is 0 Å². The molecular weight excluding hydrogens is 360 g/mol. The van der Waals surface area contributed by atoms with Gasteiger partial charge in [0.1, 0.15) is 11.5 Å². The highest BCUT2D eigenvalue weighted by atomic mass is 16.5. The molecule has 3 aromatic rings. The predicted molar refractivity (Wildman–Crippen MR) is 103 cm³/mol. The van der Waals surface area contributed by atoms with E-state index in [4.69, 9.17) is 9.15 Å². The number of amides is 1. The molecule has 0 aliphatic heterocycles. The number of aromatic nitrogens is 1. The minimum atomic E-state index is -0.466. The first-order valence-electron chi connectivity index (χ1n) is 8.59. The molecule has 0 atom stereocenters. The number of nitrogens with one attached hydrogen (secondary N) is 1. The summed E-state index contributed by atoms with van der Waals surface area (Å²) in [7, 11) is 2.89.